The van der Waals surface area contributed by atoms with Gasteiger partial charge in [-0.2, -0.15) is 0 Å². The van der Waals surface area contributed by atoms with Crippen molar-refractivity contribution in [2.75, 3.05) is 20.2 Å². The van der Waals surface area contributed by atoms with Gasteiger partial charge < -0.3 is 4.74 Å². The summed E-state index contributed by atoms with van der Waals surface area (Å²) in [6.07, 6.45) is 5.46. The number of rotatable bonds is 5. The molecule has 23 heavy (non-hydrogen) atoms. The average molecular weight is 330 g/mol. The maximum Gasteiger partial charge on any atom is 0.122 e. The van der Waals surface area contributed by atoms with Gasteiger partial charge in [-0.3, -0.25) is 4.90 Å². The van der Waals surface area contributed by atoms with Crippen LogP contribution in [0.5, 0.6) is 5.75 Å². The van der Waals surface area contributed by atoms with Gasteiger partial charge in [-0.25, -0.2) is 0 Å². The van der Waals surface area contributed by atoms with Gasteiger partial charge in [0.15, 0.2) is 0 Å². The Balaban J connectivity index is 0.00000192. The van der Waals surface area contributed by atoms with Crippen LogP contribution in [0.3, 0.4) is 0 Å². The van der Waals surface area contributed by atoms with Crippen molar-refractivity contribution in [3.63, 3.8) is 0 Å². The molecule has 0 amide bonds. The Morgan fingerprint density at radius 2 is 2.04 bits per heavy atom. The van der Waals surface area contributed by atoms with Gasteiger partial charge in [0, 0.05) is 19.5 Å². The summed E-state index contributed by atoms with van der Waals surface area (Å²) in [5, 5.41) is 0. The van der Waals surface area contributed by atoms with Crippen molar-refractivity contribution in [3.05, 3.63) is 70.8 Å². The molecule has 1 aliphatic heterocycles. The molecule has 2 aromatic carbocycles. The van der Waals surface area contributed by atoms with Crippen LogP contribution in [-0.2, 0) is 13.0 Å². The molecule has 3 heteroatoms. The Morgan fingerprint density at radius 3 is 2.87 bits per heavy atom. The highest BCUT2D eigenvalue weighted by Gasteiger charge is 2.12. The Labute approximate surface area is 145 Å². The summed E-state index contributed by atoms with van der Waals surface area (Å²) in [5.74, 6) is 1.06. The van der Waals surface area contributed by atoms with Gasteiger partial charge in [-0.15, -0.1) is 12.4 Å². The molecule has 1 heterocycles. The maximum absolute atomic E-state index is 5.56. The third-order valence-electron chi connectivity index (χ3n) is 3.98. The number of benzene rings is 2. The molecule has 3 rings (SSSR count). The minimum absolute atomic E-state index is 0. The molecule has 0 aliphatic carbocycles. The van der Waals surface area contributed by atoms with E-state index in [0.29, 0.717) is 0 Å². The van der Waals surface area contributed by atoms with Crippen molar-refractivity contribution in [2.24, 2.45) is 0 Å². The fraction of sp³-hybridized carbons (Fsp3) is 0.300. The molecule has 0 aromatic heterocycles. The Morgan fingerprint density at radius 1 is 1.17 bits per heavy atom. The zero-order chi connectivity index (χ0) is 15.4. The number of hydrogen-bond donors (Lipinski definition) is 0. The van der Waals surface area contributed by atoms with E-state index in [2.05, 4.69) is 73.5 Å². The van der Waals surface area contributed by atoms with Gasteiger partial charge >= 0.3 is 0 Å². The van der Waals surface area contributed by atoms with E-state index in [1.165, 1.54) is 22.3 Å². The van der Waals surface area contributed by atoms with Crippen LogP contribution in [0.4, 0.5) is 0 Å². The second-order valence-corrected chi connectivity index (χ2v) is 6.05. The van der Waals surface area contributed by atoms with Gasteiger partial charge in [0.1, 0.15) is 5.75 Å². The number of likely N-dealkylation sites (N-methyl/N-ethyl adjacent to an activating group) is 1. The summed E-state index contributed by atoms with van der Waals surface area (Å²) in [7, 11) is 2.16. The van der Waals surface area contributed by atoms with Crippen LogP contribution in [0.15, 0.2) is 48.5 Å². The fourth-order valence-electron chi connectivity index (χ4n) is 2.86. The van der Waals surface area contributed by atoms with E-state index in [-0.39, 0.29) is 12.4 Å². The molecule has 0 N–H and O–H groups in total. The van der Waals surface area contributed by atoms with E-state index in [4.69, 9.17) is 4.74 Å². The third-order valence-corrected chi connectivity index (χ3v) is 3.98. The molecule has 0 fully saturated rings. The summed E-state index contributed by atoms with van der Waals surface area (Å²) >= 11 is 0. The average Bonchev–Trinajstić information content (AvgIpc) is 2.95. The van der Waals surface area contributed by atoms with Crippen molar-refractivity contribution in [3.8, 4) is 5.75 Å². The summed E-state index contributed by atoms with van der Waals surface area (Å²) in [6, 6.07) is 15.1. The predicted molar refractivity (Wildman–Crippen MR) is 99.4 cm³/mol. The van der Waals surface area contributed by atoms with Gasteiger partial charge in [-0.1, -0.05) is 54.1 Å². The van der Waals surface area contributed by atoms with E-state index in [1.807, 2.05) is 0 Å². The molecular weight excluding hydrogens is 306 g/mol. The van der Waals surface area contributed by atoms with Crippen LogP contribution in [0, 0.1) is 6.92 Å². The lowest BCUT2D eigenvalue weighted by molar-refractivity contribution is 0.356. The number of halogens is 1. The number of nitrogens with zero attached hydrogens (tertiary/aromatic N) is 1. The highest BCUT2D eigenvalue weighted by Crippen LogP contribution is 2.26. The van der Waals surface area contributed by atoms with E-state index in [0.717, 1.165) is 31.9 Å². The Kier molecular flexibility index (Phi) is 6.26. The second kappa shape index (κ2) is 8.19. The molecule has 0 atom stereocenters. The highest BCUT2D eigenvalue weighted by atomic mass is 35.5. The van der Waals surface area contributed by atoms with E-state index in [9.17, 15) is 0 Å². The maximum atomic E-state index is 5.56. The largest absolute Gasteiger partial charge is 0.493 e. The quantitative estimate of drug-likeness (QED) is 0.801. The Bertz CT molecular complexity index is 681. The first-order valence-corrected chi connectivity index (χ1v) is 7.87. The van der Waals surface area contributed by atoms with Gasteiger partial charge in [0.2, 0.25) is 0 Å². The molecule has 122 valence electrons. The van der Waals surface area contributed by atoms with E-state index in [1.54, 1.807) is 0 Å². The van der Waals surface area contributed by atoms with Crippen LogP contribution >= 0.6 is 12.4 Å². The molecule has 2 aromatic rings. The molecule has 0 unspecified atom stereocenters. The standard InChI is InChI=1S/C20H23NO.ClH/c1-16-5-3-6-17(13-16)7-4-11-21(2)15-18-8-9-20-19(14-18)10-12-22-20;/h3-9,13-14H,10-12,15H2,1-2H3;1H/b7-4+;. The molecule has 0 saturated carbocycles. The van der Waals surface area contributed by atoms with E-state index >= 15 is 0 Å². The minimum Gasteiger partial charge on any atom is -0.493 e. The fourth-order valence-corrected chi connectivity index (χ4v) is 2.86. The number of aryl methyl sites for hydroxylation is 1. The summed E-state index contributed by atoms with van der Waals surface area (Å²) in [4.78, 5) is 2.32. The first-order valence-electron chi connectivity index (χ1n) is 7.87. The molecule has 0 spiro atoms. The van der Waals surface area contributed by atoms with Gasteiger partial charge in [0.05, 0.1) is 6.61 Å². The zero-order valence-corrected chi connectivity index (χ0v) is 14.6. The van der Waals surface area contributed by atoms with Crippen molar-refractivity contribution >= 4 is 18.5 Å². The third kappa shape index (κ3) is 4.85. The van der Waals surface area contributed by atoms with Gasteiger partial charge in [0.25, 0.3) is 0 Å². The molecule has 1 aliphatic rings. The van der Waals surface area contributed by atoms with Crippen molar-refractivity contribution in [1.82, 2.24) is 4.90 Å². The topological polar surface area (TPSA) is 12.5 Å². The molecular formula is C20H24ClNO. The monoisotopic (exact) mass is 329 g/mol. The minimum atomic E-state index is 0. The first kappa shape index (κ1) is 17.6. The van der Waals surface area contributed by atoms with Crippen molar-refractivity contribution < 1.29 is 4.74 Å². The molecule has 0 saturated heterocycles. The van der Waals surface area contributed by atoms with Crippen LogP contribution in [0.2, 0.25) is 0 Å². The lowest BCUT2D eigenvalue weighted by atomic mass is 10.1. The van der Waals surface area contributed by atoms with Crippen molar-refractivity contribution in [2.45, 2.75) is 19.9 Å². The zero-order valence-electron chi connectivity index (χ0n) is 13.8. The molecule has 0 bridgehead atoms. The highest BCUT2D eigenvalue weighted by molar-refractivity contribution is 5.85. The number of hydrogen-bond acceptors (Lipinski definition) is 2. The lowest BCUT2D eigenvalue weighted by Crippen LogP contribution is -2.17. The first-order chi connectivity index (χ1) is 10.7. The van der Waals surface area contributed by atoms with Crippen LogP contribution in [0.25, 0.3) is 6.08 Å². The van der Waals surface area contributed by atoms with Crippen molar-refractivity contribution in [1.29, 1.82) is 0 Å². The number of ether oxygens (including phenoxy) is 1. The van der Waals surface area contributed by atoms with Gasteiger partial charge in [-0.05, 0) is 36.7 Å². The molecule has 2 nitrogen and oxygen atoms in total. The smallest absolute Gasteiger partial charge is 0.122 e. The SMILES string of the molecule is Cc1cccc(/C=C/CN(C)Cc2ccc3c(c2)CCO3)c1.Cl. The normalized spacial score (nSPS) is 13.0. The van der Waals surface area contributed by atoms with E-state index < -0.39 is 0 Å². The van der Waals surface area contributed by atoms with Crippen LogP contribution in [-0.4, -0.2) is 25.1 Å². The van der Waals surface area contributed by atoms with Crippen LogP contribution in [0.1, 0.15) is 22.3 Å². The lowest BCUT2D eigenvalue weighted by Gasteiger charge is -2.15. The Hall–Kier alpha value is -1.77. The number of fused-ring (bicyclic) bond motifs is 1. The summed E-state index contributed by atoms with van der Waals surface area (Å²) < 4.78 is 5.56. The second-order valence-electron chi connectivity index (χ2n) is 6.05. The summed E-state index contributed by atoms with van der Waals surface area (Å²) in [5.41, 5.74) is 5.27. The predicted octanol–water partition coefficient (Wildman–Crippen LogP) is 4.50. The summed E-state index contributed by atoms with van der Waals surface area (Å²) in [6.45, 7) is 4.86. The van der Waals surface area contributed by atoms with Crippen LogP contribution < -0.4 is 4.74 Å². The molecule has 0 radical (unpaired) electrons.